The molecule has 0 spiro atoms. The number of amides is 3. The molecule has 0 saturated carbocycles. The van der Waals surface area contributed by atoms with E-state index >= 15 is 0 Å². The van der Waals surface area contributed by atoms with E-state index in [4.69, 9.17) is 19.9 Å². The number of nitrogens with one attached hydrogen (secondary N) is 1. The van der Waals surface area contributed by atoms with Crippen molar-refractivity contribution >= 4 is 35.2 Å². The van der Waals surface area contributed by atoms with E-state index in [2.05, 4.69) is 5.32 Å². The van der Waals surface area contributed by atoms with Crippen molar-refractivity contribution < 1.29 is 33.0 Å². The summed E-state index contributed by atoms with van der Waals surface area (Å²) in [7, 11) is 3.14. The summed E-state index contributed by atoms with van der Waals surface area (Å²) in [5.74, 6) is 0.531. The van der Waals surface area contributed by atoms with Gasteiger partial charge in [0.15, 0.2) is 11.5 Å². The fraction of sp³-hybridized carbons (Fsp3) is 0.229. The van der Waals surface area contributed by atoms with Gasteiger partial charge in [-0.1, -0.05) is 30.3 Å². The zero-order valence-electron chi connectivity index (χ0n) is 25.4. The first-order chi connectivity index (χ1) is 22.2. The zero-order chi connectivity index (χ0) is 32.6. The number of methoxy groups -OCH3 is 2. The molecule has 2 atom stereocenters. The molecule has 1 aliphatic rings. The Kier molecular flexibility index (Phi) is 10.4. The maximum Gasteiger partial charge on any atom is 0.248 e. The van der Waals surface area contributed by atoms with Crippen LogP contribution in [-0.4, -0.2) is 43.7 Å². The van der Waals surface area contributed by atoms with Crippen molar-refractivity contribution in [2.24, 2.45) is 5.73 Å². The Bertz CT molecular complexity index is 1680. The lowest BCUT2D eigenvalue weighted by atomic mass is 10.1. The molecule has 0 radical (unpaired) electrons. The van der Waals surface area contributed by atoms with E-state index in [0.29, 0.717) is 41.5 Å². The number of benzene rings is 4. The van der Waals surface area contributed by atoms with Crippen molar-refractivity contribution in [2.75, 3.05) is 25.7 Å². The highest BCUT2D eigenvalue weighted by atomic mass is 32.2. The molecular formula is C35H34FN3O6S. The second-order valence-electron chi connectivity index (χ2n) is 10.6. The lowest BCUT2D eigenvalue weighted by Gasteiger charge is -2.24. The van der Waals surface area contributed by atoms with Crippen LogP contribution < -0.4 is 30.2 Å². The molecular weight excluding hydrogens is 609 g/mol. The zero-order valence-corrected chi connectivity index (χ0v) is 26.2. The smallest absolute Gasteiger partial charge is 0.248 e. The Morgan fingerprint density at radius 2 is 1.57 bits per heavy atom. The number of ether oxygens (including phenoxy) is 3. The van der Waals surface area contributed by atoms with Crippen LogP contribution in [0.5, 0.6) is 17.2 Å². The number of anilines is 1. The molecule has 11 heteroatoms. The number of hydrogen-bond acceptors (Lipinski definition) is 7. The first kappa shape index (κ1) is 32.4. The molecule has 0 unspecified atom stereocenters. The average molecular weight is 644 g/mol. The summed E-state index contributed by atoms with van der Waals surface area (Å²) in [5, 5.41) is 1.87. The second-order valence-corrected chi connectivity index (χ2v) is 11.9. The first-order valence-electron chi connectivity index (χ1n) is 14.6. The molecule has 3 N–H and O–H groups in total. The van der Waals surface area contributed by atoms with Crippen LogP contribution in [0.3, 0.4) is 0 Å². The molecule has 5 rings (SSSR count). The predicted octanol–water partition coefficient (Wildman–Crippen LogP) is 5.42. The summed E-state index contributed by atoms with van der Waals surface area (Å²) in [5.41, 5.74) is 8.97. The number of carbonyl (C=O) groups is 3. The quantitative estimate of drug-likeness (QED) is 0.200. The lowest BCUT2D eigenvalue weighted by molar-refractivity contribution is -0.124. The standard InChI is InChI=1S/C35H34FN3O6S/c1-43-29-16-5-22(19-30(29)44-2)17-18-38-32(40)20-31-34(42)39(27-12-6-24(7-13-27)33(37)41)35(46-31)25-8-14-28(15-9-25)45-21-23-3-10-26(36)11-4-23/h3-16,19,31,35H,17-18,20-21H2,1-2H3,(H2,37,41)(H,38,40)/t31-,35+/m1/s1. The van der Waals surface area contributed by atoms with Crippen LogP contribution in [0.1, 0.15) is 38.8 Å². The van der Waals surface area contributed by atoms with Crippen LogP contribution in [0.2, 0.25) is 0 Å². The summed E-state index contributed by atoms with van der Waals surface area (Å²) in [6.07, 6.45) is 0.578. The van der Waals surface area contributed by atoms with Gasteiger partial charge in [0.1, 0.15) is 23.5 Å². The van der Waals surface area contributed by atoms with Crippen LogP contribution >= 0.6 is 11.8 Å². The van der Waals surface area contributed by atoms with Crippen molar-refractivity contribution in [3.05, 3.63) is 119 Å². The summed E-state index contributed by atoms with van der Waals surface area (Å²) < 4.78 is 29.7. The highest BCUT2D eigenvalue weighted by molar-refractivity contribution is 8.01. The molecule has 1 saturated heterocycles. The number of hydrogen-bond donors (Lipinski definition) is 2. The van der Waals surface area contributed by atoms with Gasteiger partial charge in [-0.3, -0.25) is 19.3 Å². The molecule has 0 aromatic heterocycles. The minimum atomic E-state index is -0.628. The number of halogens is 1. The van der Waals surface area contributed by atoms with E-state index in [1.54, 1.807) is 55.5 Å². The van der Waals surface area contributed by atoms with Crippen LogP contribution in [0, 0.1) is 5.82 Å². The van der Waals surface area contributed by atoms with Gasteiger partial charge in [0.05, 0.1) is 19.5 Å². The Labute approximate surface area is 270 Å². The van der Waals surface area contributed by atoms with E-state index in [1.165, 1.54) is 23.9 Å². The van der Waals surface area contributed by atoms with Gasteiger partial charge < -0.3 is 25.3 Å². The fourth-order valence-electron chi connectivity index (χ4n) is 5.06. The van der Waals surface area contributed by atoms with E-state index in [9.17, 15) is 18.8 Å². The first-order valence-corrected chi connectivity index (χ1v) is 15.5. The van der Waals surface area contributed by atoms with E-state index in [0.717, 1.165) is 16.7 Å². The summed E-state index contributed by atoms with van der Waals surface area (Å²) in [4.78, 5) is 40.0. The summed E-state index contributed by atoms with van der Waals surface area (Å²) in [6, 6.07) is 25.6. The summed E-state index contributed by atoms with van der Waals surface area (Å²) >= 11 is 1.39. The third-order valence-corrected chi connectivity index (χ3v) is 8.95. The number of nitrogens with two attached hydrogens (primary N) is 1. The molecule has 238 valence electrons. The molecule has 1 heterocycles. The number of carbonyl (C=O) groups excluding carboxylic acids is 3. The fourth-order valence-corrected chi connectivity index (χ4v) is 6.51. The van der Waals surface area contributed by atoms with Gasteiger partial charge in [-0.05, 0) is 83.8 Å². The van der Waals surface area contributed by atoms with Crippen molar-refractivity contribution in [3.63, 3.8) is 0 Å². The van der Waals surface area contributed by atoms with Gasteiger partial charge in [0, 0.05) is 24.2 Å². The highest BCUT2D eigenvalue weighted by Gasteiger charge is 2.42. The highest BCUT2D eigenvalue weighted by Crippen LogP contribution is 2.47. The van der Waals surface area contributed by atoms with Crippen molar-refractivity contribution in [1.29, 1.82) is 0 Å². The largest absolute Gasteiger partial charge is 0.493 e. The van der Waals surface area contributed by atoms with Crippen LogP contribution in [0.25, 0.3) is 0 Å². The molecule has 1 aliphatic heterocycles. The molecule has 4 aromatic carbocycles. The molecule has 1 fully saturated rings. The molecule has 0 bridgehead atoms. The SMILES string of the molecule is COc1ccc(CCNC(=O)C[C@H]2S[C@@H](c3ccc(OCc4ccc(F)cc4)cc3)N(c3ccc(C(N)=O)cc3)C2=O)cc1OC. The van der Waals surface area contributed by atoms with Gasteiger partial charge in [-0.2, -0.15) is 0 Å². The molecule has 4 aromatic rings. The van der Waals surface area contributed by atoms with Gasteiger partial charge in [-0.25, -0.2) is 4.39 Å². The topological polar surface area (TPSA) is 120 Å². The number of rotatable bonds is 13. The van der Waals surface area contributed by atoms with Gasteiger partial charge in [0.2, 0.25) is 17.7 Å². The minimum Gasteiger partial charge on any atom is -0.493 e. The third-order valence-electron chi connectivity index (χ3n) is 7.51. The Hall–Kier alpha value is -5.03. The molecule has 0 aliphatic carbocycles. The lowest BCUT2D eigenvalue weighted by Crippen LogP contribution is -2.34. The van der Waals surface area contributed by atoms with Crippen LogP contribution in [-0.2, 0) is 22.6 Å². The third kappa shape index (κ3) is 7.78. The molecule has 3 amide bonds. The van der Waals surface area contributed by atoms with Gasteiger partial charge in [0.25, 0.3) is 0 Å². The Morgan fingerprint density at radius 3 is 2.22 bits per heavy atom. The molecule has 46 heavy (non-hydrogen) atoms. The number of primary amides is 1. The minimum absolute atomic E-state index is 0.000662. The van der Waals surface area contributed by atoms with E-state index < -0.39 is 16.5 Å². The average Bonchev–Trinajstić information content (AvgIpc) is 3.39. The molecule has 9 nitrogen and oxygen atoms in total. The van der Waals surface area contributed by atoms with E-state index in [-0.39, 0.29) is 30.7 Å². The van der Waals surface area contributed by atoms with Crippen LogP contribution in [0.15, 0.2) is 91.0 Å². The maximum atomic E-state index is 13.8. The van der Waals surface area contributed by atoms with Crippen molar-refractivity contribution in [2.45, 2.75) is 30.1 Å². The summed E-state index contributed by atoms with van der Waals surface area (Å²) in [6.45, 7) is 0.665. The van der Waals surface area contributed by atoms with Crippen LogP contribution in [0.4, 0.5) is 10.1 Å². The Balaban J connectivity index is 1.27. The van der Waals surface area contributed by atoms with Gasteiger partial charge >= 0.3 is 0 Å². The monoisotopic (exact) mass is 643 g/mol. The Morgan fingerprint density at radius 1 is 0.891 bits per heavy atom. The van der Waals surface area contributed by atoms with Crippen molar-refractivity contribution in [1.82, 2.24) is 5.32 Å². The van der Waals surface area contributed by atoms with Crippen molar-refractivity contribution in [3.8, 4) is 17.2 Å². The number of nitrogens with zero attached hydrogens (tertiary/aromatic N) is 1. The predicted molar refractivity (Wildman–Crippen MR) is 175 cm³/mol. The second kappa shape index (κ2) is 14.8. The number of thioether (sulfide) groups is 1. The normalized spacial score (nSPS) is 15.8. The van der Waals surface area contributed by atoms with Gasteiger partial charge in [-0.15, -0.1) is 11.8 Å². The maximum absolute atomic E-state index is 13.8. The van der Waals surface area contributed by atoms with E-state index in [1.807, 2.05) is 42.5 Å².